The molecule has 12 heavy (non-hydrogen) atoms. The van der Waals surface area contributed by atoms with Crippen LogP contribution in [-0.2, 0) is 10.4 Å². The van der Waals surface area contributed by atoms with Crippen molar-refractivity contribution >= 4 is 48.1 Å². The van der Waals surface area contributed by atoms with Crippen molar-refractivity contribution in [2.45, 2.75) is 0 Å². The molecule has 0 saturated heterocycles. The first-order valence-corrected chi connectivity index (χ1v) is 4.00. The van der Waals surface area contributed by atoms with E-state index in [2.05, 4.69) is 0 Å². The fraction of sp³-hybridized carbons (Fsp3) is 0. The van der Waals surface area contributed by atoms with Gasteiger partial charge in [0.15, 0.2) is 0 Å². The molecule has 0 spiro atoms. The third kappa shape index (κ3) is 22.4. The molecule has 1 aromatic carbocycles. The Balaban J connectivity index is 0. The van der Waals surface area contributed by atoms with Gasteiger partial charge >= 0.3 is 37.7 Å². The molecule has 0 bridgehead atoms. The summed E-state index contributed by atoms with van der Waals surface area (Å²) in [6.07, 6.45) is 0. The standard InChI is InChI=1S/C6H6.Ca.H2O4S/c1-2-4-6-5-3-1;;1-5(2,3)4/h1-6H;;(H2,1,2,3,4)/q;+2;/p-2. The van der Waals surface area contributed by atoms with E-state index in [-0.39, 0.29) is 37.7 Å². The zero-order valence-corrected chi connectivity index (χ0v) is 9.24. The molecule has 1 aromatic rings. The van der Waals surface area contributed by atoms with Crippen LogP contribution in [0, 0.1) is 0 Å². The molecule has 4 nitrogen and oxygen atoms in total. The first-order chi connectivity index (χ1) is 5.00. The molecular weight excluding hydrogens is 208 g/mol. The molecule has 6 heteroatoms. The summed E-state index contributed by atoms with van der Waals surface area (Å²) in [6.45, 7) is 0. The third-order valence-electron chi connectivity index (χ3n) is 0.667. The van der Waals surface area contributed by atoms with Crippen molar-refractivity contribution in [3.8, 4) is 0 Å². The second-order valence-corrected chi connectivity index (χ2v) is 2.38. The van der Waals surface area contributed by atoms with E-state index in [0.29, 0.717) is 0 Å². The van der Waals surface area contributed by atoms with Gasteiger partial charge in [0.2, 0.25) is 0 Å². The fourth-order valence-corrected chi connectivity index (χ4v) is 0.385. The molecule has 1 rings (SSSR count). The second kappa shape index (κ2) is 7.97. The predicted molar refractivity (Wildman–Crippen MR) is 42.7 cm³/mol. The molecule has 0 radical (unpaired) electrons. The van der Waals surface area contributed by atoms with E-state index in [1.807, 2.05) is 36.4 Å². The molecule has 0 N–H and O–H groups in total. The third-order valence-corrected chi connectivity index (χ3v) is 0.667. The van der Waals surface area contributed by atoms with Crippen LogP contribution in [-0.4, -0.2) is 55.3 Å². The molecule has 62 valence electrons. The van der Waals surface area contributed by atoms with Gasteiger partial charge in [0.05, 0.1) is 0 Å². The summed E-state index contributed by atoms with van der Waals surface area (Å²) < 4.78 is 34.1. The van der Waals surface area contributed by atoms with Crippen LogP contribution in [0.25, 0.3) is 0 Å². The van der Waals surface area contributed by atoms with Crippen molar-refractivity contribution in [2.75, 3.05) is 0 Å². The van der Waals surface area contributed by atoms with Gasteiger partial charge in [-0.15, -0.1) is 0 Å². The van der Waals surface area contributed by atoms with Gasteiger partial charge in [-0.1, -0.05) is 36.4 Å². The van der Waals surface area contributed by atoms with Crippen LogP contribution in [0.5, 0.6) is 0 Å². The van der Waals surface area contributed by atoms with Crippen molar-refractivity contribution in [1.29, 1.82) is 0 Å². The Hall–Kier alpha value is 0.350. The van der Waals surface area contributed by atoms with Crippen LogP contribution in [0.2, 0.25) is 0 Å². The summed E-state index contributed by atoms with van der Waals surface area (Å²) in [4.78, 5) is 0. The summed E-state index contributed by atoms with van der Waals surface area (Å²) in [6, 6.07) is 12.0. The van der Waals surface area contributed by atoms with Gasteiger partial charge in [-0.25, -0.2) is 0 Å². The molecule has 0 amide bonds. The maximum atomic E-state index is 8.52. The number of hydrogen-bond acceptors (Lipinski definition) is 4. The van der Waals surface area contributed by atoms with Gasteiger partial charge in [0, 0.05) is 10.4 Å². The molecule has 0 unspecified atom stereocenters. The maximum absolute atomic E-state index is 8.52. The van der Waals surface area contributed by atoms with Crippen molar-refractivity contribution in [3.05, 3.63) is 36.4 Å². The number of hydrogen-bond donors (Lipinski definition) is 0. The van der Waals surface area contributed by atoms with E-state index in [1.165, 1.54) is 0 Å². The van der Waals surface area contributed by atoms with Gasteiger partial charge < -0.3 is 9.11 Å². The quantitative estimate of drug-likeness (QED) is 0.345. The molecule has 0 fully saturated rings. The molecular formula is C6H6CaO4S. The summed E-state index contributed by atoms with van der Waals surface area (Å²) in [7, 11) is -5.17. The second-order valence-electron chi connectivity index (χ2n) is 1.56. The smallest absolute Gasteiger partial charge is 0.759 e. The Morgan fingerprint density at radius 1 is 0.750 bits per heavy atom. The van der Waals surface area contributed by atoms with Crippen LogP contribution < -0.4 is 0 Å². The average Bonchev–Trinajstić information content (AvgIpc) is 1.88. The summed E-state index contributed by atoms with van der Waals surface area (Å²) in [5, 5.41) is 0. The molecule has 0 saturated carbocycles. The van der Waals surface area contributed by atoms with E-state index in [1.54, 1.807) is 0 Å². The van der Waals surface area contributed by atoms with Crippen molar-refractivity contribution in [2.24, 2.45) is 0 Å². The van der Waals surface area contributed by atoms with Crippen LogP contribution in [0.1, 0.15) is 0 Å². The van der Waals surface area contributed by atoms with Gasteiger partial charge in [-0.2, -0.15) is 0 Å². The van der Waals surface area contributed by atoms with Crippen LogP contribution in [0.15, 0.2) is 36.4 Å². The van der Waals surface area contributed by atoms with E-state index in [9.17, 15) is 0 Å². The molecule has 0 atom stereocenters. The summed E-state index contributed by atoms with van der Waals surface area (Å²) in [5.74, 6) is 0. The number of rotatable bonds is 0. The van der Waals surface area contributed by atoms with Crippen molar-refractivity contribution in [3.63, 3.8) is 0 Å². The molecule has 0 heterocycles. The van der Waals surface area contributed by atoms with E-state index >= 15 is 0 Å². The van der Waals surface area contributed by atoms with Crippen molar-refractivity contribution in [1.82, 2.24) is 0 Å². The Morgan fingerprint density at radius 3 is 0.917 bits per heavy atom. The largest absolute Gasteiger partial charge is 2.00 e. The monoisotopic (exact) mass is 214 g/mol. The zero-order valence-electron chi connectivity index (χ0n) is 6.21. The minimum Gasteiger partial charge on any atom is -0.759 e. The van der Waals surface area contributed by atoms with E-state index in [0.717, 1.165) is 0 Å². The summed E-state index contributed by atoms with van der Waals surface area (Å²) in [5.41, 5.74) is 0. The summed E-state index contributed by atoms with van der Waals surface area (Å²) >= 11 is 0. The predicted octanol–water partition coefficient (Wildman–Crippen LogP) is -0.0322. The zero-order chi connectivity index (χ0) is 8.74. The van der Waals surface area contributed by atoms with E-state index < -0.39 is 10.4 Å². The molecule has 0 aliphatic carbocycles. The Labute approximate surface area is 101 Å². The molecule has 0 aromatic heterocycles. The molecule has 0 aliphatic heterocycles. The molecule has 0 aliphatic rings. The average molecular weight is 214 g/mol. The minimum atomic E-state index is -5.17. The Morgan fingerprint density at radius 2 is 0.833 bits per heavy atom. The van der Waals surface area contributed by atoms with E-state index in [4.69, 9.17) is 17.5 Å². The normalized spacial score (nSPS) is 8.83. The minimum absolute atomic E-state index is 0. The Kier molecular flexibility index (Phi) is 9.87. The van der Waals surface area contributed by atoms with Crippen LogP contribution in [0.4, 0.5) is 0 Å². The van der Waals surface area contributed by atoms with Crippen LogP contribution >= 0.6 is 0 Å². The van der Waals surface area contributed by atoms with Gasteiger partial charge in [-0.3, -0.25) is 8.42 Å². The Bertz CT molecular complexity index is 236. The van der Waals surface area contributed by atoms with Gasteiger partial charge in [0.25, 0.3) is 0 Å². The SMILES string of the molecule is O=S(=O)([O-])[O-].[Ca+2].c1ccccc1. The number of benzene rings is 1. The first-order valence-electron chi connectivity index (χ1n) is 2.67. The maximum Gasteiger partial charge on any atom is 2.00 e. The first kappa shape index (κ1) is 14.9. The van der Waals surface area contributed by atoms with Crippen molar-refractivity contribution < 1.29 is 17.5 Å². The topological polar surface area (TPSA) is 80.3 Å². The fourth-order valence-electron chi connectivity index (χ4n) is 0.385. The van der Waals surface area contributed by atoms with Gasteiger partial charge in [-0.05, 0) is 0 Å². The van der Waals surface area contributed by atoms with Crippen LogP contribution in [0.3, 0.4) is 0 Å². The van der Waals surface area contributed by atoms with Gasteiger partial charge in [0.1, 0.15) is 0 Å².